The van der Waals surface area contributed by atoms with Crippen LogP contribution in [0.1, 0.15) is 12.0 Å². The Kier molecular flexibility index (Phi) is 6.65. The van der Waals surface area contributed by atoms with Crippen LogP contribution in [0.4, 0.5) is 0 Å². The highest BCUT2D eigenvalue weighted by Crippen LogP contribution is 2.52. The Morgan fingerprint density at radius 3 is 1.79 bits per heavy atom. The van der Waals surface area contributed by atoms with Gasteiger partial charge < -0.3 is 0 Å². The van der Waals surface area contributed by atoms with Crippen LogP contribution in [-0.4, -0.2) is 0 Å². The molecule has 1 unspecified atom stereocenters. The summed E-state index contributed by atoms with van der Waals surface area (Å²) in [5, 5.41) is 15.4. The van der Waals surface area contributed by atoms with E-state index in [9.17, 15) is 0 Å². The molecule has 4 aliphatic rings. The Balaban J connectivity index is 1.15. The van der Waals surface area contributed by atoms with Crippen LogP contribution in [0.5, 0.6) is 0 Å². The number of rotatable bonds is 3. The van der Waals surface area contributed by atoms with Crippen LogP contribution in [0, 0.1) is 5.92 Å². The zero-order valence-electron chi connectivity index (χ0n) is 31.8. The number of fused-ring (bicyclic) bond motifs is 9. The fourth-order valence-electron chi connectivity index (χ4n) is 10.8. The molecule has 0 heteroatoms. The average Bonchev–Trinajstić information content (AvgIpc) is 3.29. The highest BCUT2D eigenvalue weighted by molar-refractivity contribution is 6.27. The summed E-state index contributed by atoms with van der Waals surface area (Å²) in [5.41, 5.74) is 14.7. The molecule has 0 N–H and O–H groups in total. The van der Waals surface area contributed by atoms with Crippen molar-refractivity contribution in [3.05, 3.63) is 234 Å². The van der Waals surface area contributed by atoms with E-state index in [0.29, 0.717) is 0 Å². The monoisotopic (exact) mass is 732 g/mol. The highest BCUT2D eigenvalue weighted by atomic mass is 14.4. The zero-order chi connectivity index (χ0) is 37.9. The summed E-state index contributed by atoms with van der Waals surface area (Å²) in [6.07, 6.45) is 19.9. The molecule has 0 radical (unpaired) electrons. The molecule has 58 heavy (non-hydrogen) atoms. The van der Waals surface area contributed by atoms with E-state index in [1.165, 1.54) is 126 Å². The van der Waals surface area contributed by atoms with Gasteiger partial charge in [0.1, 0.15) is 0 Å². The van der Waals surface area contributed by atoms with Crippen LogP contribution in [0.2, 0.25) is 0 Å². The SMILES string of the molecule is C1=CC2=C3C(=CC=C4C=CC(c5c6ccccc6c(-c6ccc7c8ccccc8c8ccccc8c7c6)c6cc(-c7cccc8ccccc78)ccc56)=C(C=C2)C43)C1. The summed E-state index contributed by atoms with van der Waals surface area (Å²) in [4.78, 5) is 0. The van der Waals surface area contributed by atoms with Gasteiger partial charge in [-0.25, -0.2) is 0 Å². The minimum Gasteiger partial charge on any atom is -0.0795 e. The number of benzene rings is 9. The van der Waals surface area contributed by atoms with Crippen molar-refractivity contribution in [1.29, 1.82) is 0 Å². The van der Waals surface area contributed by atoms with Crippen molar-refractivity contribution < 1.29 is 0 Å². The molecule has 9 aromatic rings. The smallest absolute Gasteiger partial charge is 0.0354 e. The normalized spacial score (nSPS) is 16.9. The molecule has 0 aliphatic heterocycles. The molecule has 0 fully saturated rings. The first-order chi connectivity index (χ1) is 28.8. The van der Waals surface area contributed by atoms with Gasteiger partial charge in [-0.15, -0.1) is 0 Å². The molecular weight excluding hydrogens is 697 g/mol. The van der Waals surface area contributed by atoms with Gasteiger partial charge in [-0.05, 0) is 144 Å². The van der Waals surface area contributed by atoms with Crippen LogP contribution in [0.25, 0.3) is 92.5 Å². The van der Waals surface area contributed by atoms with Crippen molar-refractivity contribution in [3.63, 3.8) is 0 Å². The standard InChI is InChI=1S/C58H36/c1-2-15-41-35(11-1)12-10-22-42(41)39-27-32-52-54(33-39)56(40-28-29-47-45-18-4-3-16-43(45)44-17-5-6-19-46(44)53(47)34-40)48-20-7-8-21-49(48)58(52)51-31-26-38-24-23-36-13-9-14-37-25-30-50(51)57(38)55(36)37/h1-12,14-34,57H,13H2. The van der Waals surface area contributed by atoms with Crippen LogP contribution < -0.4 is 0 Å². The fraction of sp³-hybridized carbons (Fsp3) is 0.0345. The van der Waals surface area contributed by atoms with Crippen LogP contribution in [0.3, 0.4) is 0 Å². The van der Waals surface area contributed by atoms with Gasteiger partial charge in [-0.1, -0.05) is 188 Å². The maximum absolute atomic E-state index is 2.49. The molecule has 0 bridgehead atoms. The predicted molar refractivity (Wildman–Crippen MR) is 248 cm³/mol. The lowest BCUT2D eigenvalue weighted by atomic mass is 9.66. The number of hydrogen-bond donors (Lipinski definition) is 0. The van der Waals surface area contributed by atoms with E-state index < -0.39 is 0 Å². The lowest BCUT2D eigenvalue weighted by molar-refractivity contribution is 0.836. The van der Waals surface area contributed by atoms with Crippen molar-refractivity contribution in [2.45, 2.75) is 6.42 Å². The predicted octanol–water partition coefficient (Wildman–Crippen LogP) is 15.6. The molecule has 0 saturated heterocycles. The van der Waals surface area contributed by atoms with Crippen molar-refractivity contribution >= 4 is 70.2 Å². The van der Waals surface area contributed by atoms with E-state index in [1.54, 1.807) is 0 Å². The van der Waals surface area contributed by atoms with Gasteiger partial charge in [0.15, 0.2) is 0 Å². The molecule has 0 spiro atoms. The molecule has 0 saturated carbocycles. The second-order valence-electron chi connectivity index (χ2n) is 16.2. The molecule has 1 atom stereocenters. The van der Waals surface area contributed by atoms with Gasteiger partial charge >= 0.3 is 0 Å². The van der Waals surface area contributed by atoms with E-state index in [1.807, 2.05) is 0 Å². The largest absolute Gasteiger partial charge is 0.0795 e. The molecular formula is C58H36. The Labute approximate surface area is 337 Å². The molecule has 0 nitrogen and oxygen atoms in total. The van der Waals surface area contributed by atoms with Crippen molar-refractivity contribution in [2.24, 2.45) is 5.92 Å². The molecule has 4 aliphatic carbocycles. The van der Waals surface area contributed by atoms with Gasteiger partial charge in [0.25, 0.3) is 0 Å². The quantitative estimate of drug-likeness (QED) is 0.125. The molecule has 13 rings (SSSR count). The van der Waals surface area contributed by atoms with Gasteiger partial charge in [0.2, 0.25) is 0 Å². The minimum atomic E-state index is 0.247. The summed E-state index contributed by atoms with van der Waals surface area (Å²) >= 11 is 0. The van der Waals surface area contributed by atoms with E-state index in [2.05, 4.69) is 200 Å². The van der Waals surface area contributed by atoms with Crippen molar-refractivity contribution in [1.82, 2.24) is 0 Å². The van der Waals surface area contributed by atoms with Gasteiger partial charge in [-0.3, -0.25) is 0 Å². The van der Waals surface area contributed by atoms with Crippen LogP contribution in [0.15, 0.2) is 228 Å². The summed E-state index contributed by atoms with van der Waals surface area (Å²) in [5.74, 6) is 0.247. The Bertz CT molecular complexity index is 3530. The average molecular weight is 733 g/mol. The summed E-state index contributed by atoms with van der Waals surface area (Å²) < 4.78 is 0. The van der Waals surface area contributed by atoms with E-state index in [-0.39, 0.29) is 5.92 Å². The third-order valence-corrected chi connectivity index (χ3v) is 13.3. The Morgan fingerprint density at radius 1 is 0.397 bits per heavy atom. The maximum Gasteiger partial charge on any atom is 0.0354 e. The lowest BCUT2D eigenvalue weighted by Crippen LogP contribution is -2.22. The molecule has 0 heterocycles. The first kappa shape index (κ1) is 31.9. The first-order valence-corrected chi connectivity index (χ1v) is 20.5. The molecule has 268 valence electrons. The van der Waals surface area contributed by atoms with E-state index >= 15 is 0 Å². The van der Waals surface area contributed by atoms with Crippen LogP contribution >= 0.6 is 0 Å². The summed E-state index contributed by atoms with van der Waals surface area (Å²) in [7, 11) is 0. The van der Waals surface area contributed by atoms with Gasteiger partial charge in [0, 0.05) is 5.92 Å². The molecule has 0 aromatic heterocycles. The lowest BCUT2D eigenvalue weighted by Gasteiger charge is -2.37. The number of hydrogen-bond acceptors (Lipinski definition) is 0. The Morgan fingerprint density at radius 2 is 1.00 bits per heavy atom. The molecule has 0 amide bonds. The third-order valence-electron chi connectivity index (χ3n) is 13.3. The number of allylic oxidation sites excluding steroid dienone is 14. The molecule has 9 aromatic carbocycles. The van der Waals surface area contributed by atoms with Gasteiger partial charge in [0.05, 0.1) is 0 Å². The highest BCUT2D eigenvalue weighted by Gasteiger charge is 2.35. The second-order valence-corrected chi connectivity index (χ2v) is 16.2. The van der Waals surface area contributed by atoms with Crippen molar-refractivity contribution in [3.8, 4) is 22.3 Å². The topological polar surface area (TPSA) is 0 Å². The third kappa shape index (κ3) is 4.46. The Hall–Kier alpha value is -7.28. The maximum atomic E-state index is 2.49. The zero-order valence-corrected chi connectivity index (χ0v) is 31.8. The van der Waals surface area contributed by atoms with E-state index in [0.717, 1.165) is 6.42 Å². The van der Waals surface area contributed by atoms with Gasteiger partial charge in [-0.2, -0.15) is 0 Å². The van der Waals surface area contributed by atoms with Crippen molar-refractivity contribution in [2.75, 3.05) is 0 Å². The fourth-order valence-corrected chi connectivity index (χ4v) is 10.8. The second kappa shape index (κ2) is 12.1. The minimum absolute atomic E-state index is 0.247. The summed E-state index contributed by atoms with van der Waals surface area (Å²) in [6.45, 7) is 0. The van der Waals surface area contributed by atoms with Crippen LogP contribution in [-0.2, 0) is 0 Å². The summed E-state index contributed by atoms with van der Waals surface area (Å²) in [6, 6.07) is 56.9. The first-order valence-electron chi connectivity index (χ1n) is 20.5. The van der Waals surface area contributed by atoms with E-state index in [4.69, 9.17) is 0 Å².